The first-order valence-electron chi connectivity index (χ1n) is 7.08. The van der Waals surface area contributed by atoms with Crippen LogP contribution in [-0.4, -0.2) is 25.8 Å². The van der Waals surface area contributed by atoms with Crippen molar-refractivity contribution < 1.29 is 8.42 Å². The lowest BCUT2D eigenvalue weighted by Crippen LogP contribution is -2.36. The molecule has 0 radical (unpaired) electrons. The number of benzene rings is 1. The first-order chi connectivity index (χ1) is 9.42. The van der Waals surface area contributed by atoms with Crippen LogP contribution in [0.4, 0.5) is 0 Å². The average molecular weight is 318 g/mol. The van der Waals surface area contributed by atoms with Crippen LogP contribution in [0.2, 0.25) is 0 Å². The number of aryl methyl sites for hydroxylation is 1. The van der Waals surface area contributed by atoms with Crippen molar-refractivity contribution in [2.24, 2.45) is 0 Å². The van der Waals surface area contributed by atoms with Crippen LogP contribution < -0.4 is 0 Å². The van der Waals surface area contributed by atoms with Gasteiger partial charge in [0, 0.05) is 19.0 Å². The molecule has 1 aromatic carbocycles. The lowest BCUT2D eigenvalue weighted by molar-refractivity contribution is 0.349. The predicted octanol–water partition coefficient (Wildman–Crippen LogP) is 3.80. The summed E-state index contributed by atoms with van der Waals surface area (Å²) in [6.45, 7) is 6.05. The van der Waals surface area contributed by atoms with Gasteiger partial charge in [0.2, 0.25) is 10.0 Å². The summed E-state index contributed by atoms with van der Waals surface area (Å²) in [6.07, 6.45) is 2.47. The zero-order valence-corrected chi connectivity index (χ0v) is 14.3. The van der Waals surface area contributed by atoms with E-state index in [0.717, 1.165) is 30.4 Å². The second-order valence-electron chi connectivity index (χ2n) is 4.91. The number of halogens is 1. The molecule has 0 N–H and O–H groups in total. The highest BCUT2D eigenvalue weighted by Crippen LogP contribution is 2.23. The molecule has 20 heavy (non-hydrogen) atoms. The van der Waals surface area contributed by atoms with Crippen molar-refractivity contribution in [3.05, 3.63) is 29.3 Å². The lowest BCUT2D eigenvalue weighted by Gasteiger charge is -2.25. The van der Waals surface area contributed by atoms with Gasteiger partial charge in [-0.15, -0.1) is 11.6 Å². The number of alkyl halides is 1. The van der Waals surface area contributed by atoms with Crippen LogP contribution in [-0.2, 0) is 22.3 Å². The van der Waals surface area contributed by atoms with E-state index in [4.69, 9.17) is 11.6 Å². The Morgan fingerprint density at radius 1 is 1.15 bits per heavy atom. The van der Waals surface area contributed by atoms with Crippen LogP contribution in [0.3, 0.4) is 0 Å². The topological polar surface area (TPSA) is 37.4 Å². The van der Waals surface area contributed by atoms with Crippen LogP contribution in [0.25, 0.3) is 0 Å². The minimum atomic E-state index is -3.45. The van der Waals surface area contributed by atoms with E-state index in [9.17, 15) is 8.42 Å². The summed E-state index contributed by atoms with van der Waals surface area (Å²) in [4.78, 5) is 0.333. The van der Waals surface area contributed by atoms with Gasteiger partial charge in [-0.05, 0) is 42.5 Å². The van der Waals surface area contributed by atoms with Crippen molar-refractivity contribution >= 4 is 21.6 Å². The summed E-state index contributed by atoms with van der Waals surface area (Å²) < 4.78 is 26.8. The van der Waals surface area contributed by atoms with Gasteiger partial charge in [0.05, 0.1) is 4.90 Å². The molecule has 0 aliphatic heterocycles. The van der Waals surface area contributed by atoms with Gasteiger partial charge in [0.15, 0.2) is 0 Å². The highest BCUT2D eigenvalue weighted by atomic mass is 35.5. The van der Waals surface area contributed by atoms with E-state index >= 15 is 0 Å². The van der Waals surface area contributed by atoms with Crippen LogP contribution in [0.15, 0.2) is 23.1 Å². The summed E-state index contributed by atoms with van der Waals surface area (Å²) in [5.41, 5.74) is 2.00. The van der Waals surface area contributed by atoms with Gasteiger partial charge in [-0.1, -0.05) is 26.8 Å². The summed E-state index contributed by atoms with van der Waals surface area (Å²) >= 11 is 5.92. The lowest BCUT2D eigenvalue weighted by atomic mass is 10.1. The fourth-order valence-electron chi connectivity index (χ4n) is 2.40. The van der Waals surface area contributed by atoms with E-state index in [0.29, 0.717) is 10.8 Å². The van der Waals surface area contributed by atoms with E-state index in [1.54, 1.807) is 19.2 Å². The highest BCUT2D eigenvalue weighted by Gasteiger charge is 2.26. The summed E-state index contributed by atoms with van der Waals surface area (Å²) in [6, 6.07) is 5.29. The summed E-state index contributed by atoms with van der Waals surface area (Å²) in [5.74, 6) is 0.335. The number of rotatable bonds is 7. The van der Waals surface area contributed by atoms with Gasteiger partial charge >= 0.3 is 0 Å². The average Bonchev–Trinajstić information content (AvgIpc) is 2.47. The molecule has 0 aliphatic carbocycles. The molecular weight excluding hydrogens is 294 g/mol. The summed E-state index contributed by atoms with van der Waals surface area (Å²) in [7, 11) is -1.79. The molecular formula is C15H24ClNO2S. The third-order valence-corrected chi connectivity index (χ3v) is 6.03. The third-order valence-electron chi connectivity index (χ3n) is 3.84. The Balaban J connectivity index is 3.22. The molecule has 0 fully saturated rings. The van der Waals surface area contributed by atoms with E-state index < -0.39 is 10.0 Å². The fraction of sp³-hybridized carbons (Fsp3) is 0.600. The Bertz CT molecular complexity index is 539. The minimum Gasteiger partial charge on any atom is -0.207 e. The Hall–Kier alpha value is -0.580. The largest absolute Gasteiger partial charge is 0.243 e. The van der Waals surface area contributed by atoms with E-state index in [-0.39, 0.29) is 6.04 Å². The smallest absolute Gasteiger partial charge is 0.207 e. The molecule has 114 valence electrons. The normalized spacial score (nSPS) is 12.3. The Labute approximate surface area is 128 Å². The van der Waals surface area contributed by atoms with Crippen LogP contribution >= 0.6 is 11.6 Å². The van der Waals surface area contributed by atoms with Gasteiger partial charge in [0.25, 0.3) is 0 Å². The Kier molecular flexibility index (Phi) is 6.49. The third kappa shape index (κ3) is 3.54. The Morgan fingerprint density at radius 3 is 2.20 bits per heavy atom. The van der Waals surface area contributed by atoms with Crippen molar-refractivity contribution in [3.63, 3.8) is 0 Å². The molecule has 1 rings (SSSR count). The molecule has 0 saturated heterocycles. The van der Waals surface area contributed by atoms with Crippen LogP contribution in [0, 0.1) is 0 Å². The Morgan fingerprint density at radius 2 is 1.75 bits per heavy atom. The molecule has 0 saturated carbocycles. The van der Waals surface area contributed by atoms with Gasteiger partial charge in [-0.3, -0.25) is 0 Å². The molecule has 3 nitrogen and oxygen atoms in total. The van der Waals surface area contributed by atoms with Crippen molar-refractivity contribution in [1.29, 1.82) is 0 Å². The number of sulfonamides is 1. The van der Waals surface area contributed by atoms with Crippen molar-refractivity contribution in [2.45, 2.75) is 56.9 Å². The SMILES string of the molecule is CCc1ccc(S(=O)(=O)N(C)C(CC)CC)cc1CCl. The monoisotopic (exact) mass is 317 g/mol. The molecule has 0 amide bonds. The maximum atomic E-state index is 12.6. The number of nitrogens with zero attached hydrogens (tertiary/aromatic N) is 1. The first kappa shape index (κ1) is 17.5. The van der Waals surface area contributed by atoms with E-state index in [2.05, 4.69) is 0 Å². The molecule has 0 heterocycles. The summed E-state index contributed by atoms with van der Waals surface area (Å²) in [5, 5.41) is 0. The van der Waals surface area contributed by atoms with Gasteiger partial charge in [-0.2, -0.15) is 4.31 Å². The molecule has 0 aliphatic rings. The molecule has 0 bridgehead atoms. The van der Waals surface area contributed by atoms with Gasteiger partial charge in [0.1, 0.15) is 0 Å². The standard InChI is InChI=1S/C15H24ClNO2S/c1-5-12-8-9-15(10-13(12)11-16)20(18,19)17(4)14(6-2)7-3/h8-10,14H,5-7,11H2,1-4H3. The van der Waals surface area contributed by atoms with Crippen LogP contribution in [0.5, 0.6) is 0 Å². The molecule has 0 aromatic heterocycles. The minimum absolute atomic E-state index is 0.0327. The molecule has 0 atom stereocenters. The highest BCUT2D eigenvalue weighted by molar-refractivity contribution is 7.89. The molecule has 0 unspecified atom stereocenters. The predicted molar refractivity (Wildman–Crippen MR) is 84.7 cm³/mol. The zero-order chi connectivity index (χ0) is 15.3. The first-order valence-corrected chi connectivity index (χ1v) is 9.05. The maximum Gasteiger partial charge on any atom is 0.243 e. The van der Waals surface area contributed by atoms with Crippen molar-refractivity contribution in [1.82, 2.24) is 4.31 Å². The fourth-order valence-corrected chi connectivity index (χ4v) is 4.20. The quantitative estimate of drug-likeness (QED) is 0.717. The van der Waals surface area contributed by atoms with E-state index in [1.165, 1.54) is 4.31 Å². The second-order valence-corrected chi connectivity index (χ2v) is 7.17. The van der Waals surface area contributed by atoms with Gasteiger partial charge in [-0.25, -0.2) is 8.42 Å². The zero-order valence-electron chi connectivity index (χ0n) is 12.7. The molecule has 0 spiro atoms. The number of hydrogen-bond donors (Lipinski definition) is 0. The van der Waals surface area contributed by atoms with Crippen LogP contribution in [0.1, 0.15) is 44.7 Å². The number of hydrogen-bond acceptors (Lipinski definition) is 2. The van der Waals surface area contributed by atoms with Crippen molar-refractivity contribution in [3.8, 4) is 0 Å². The van der Waals surface area contributed by atoms with Crippen molar-refractivity contribution in [2.75, 3.05) is 7.05 Å². The molecule has 1 aromatic rings. The molecule has 5 heteroatoms. The maximum absolute atomic E-state index is 12.6. The van der Waals surface area contributed by atoms with Gasteiger partial charge < -0.3 is 0 Å². The second kappa shape index (κ2) is 7.43. The van der Waals surface area contributed by atoms with E-state index in [1.807, 2.05) is 26.8 Å².